The van der Waals surface area contributed by atoms with Crippen LogP contribution in [0.25, 0.3) is 0 Å². The SMILES string of the molecule is CCOC(=O)c1cc(C)sc1NC(=O)c1ccc(C)s1. The molecule has 1 amide bonds. The Hall–Kier alpha value is -1.66. The molecular formula is C14H15NO3S2. The summed E-state index contributed by atoms with van der Waals surface area (Å²) in [5.74, 6) is -0.606. The Bertz CT molecular complexity index is 643. The van der Waals surface area contributed by atoms with Crippen LogP contribution >= 0.6 is 22.7 Å². The summed E-state index contributed by atoms with van der Waals surface area (Å²) >= 11 is 2.79. The van der Waals surface area contributed by atoms with Gasteiger partial charge in [0.2, 0.25) is 0 Å². The molecule has 2 rings (SSSR count). The van der Waals surface area contributed by atoms with Gasteiger partial charge in [0.05, 0.1) is 17.0 Å². The lowest BCUT2D eigenvalue weighted by molar-refractivity contribution is 0.0528. The van der Waals surface area contributed by atoms with Crippen LogP contribution in [-0.4, -0.2) is 18.5 Å². The lowest BCUT2D eigenvalue weighted by atomic mass is 10.3. The molecule has 0 atom stereocenters. The maximum absolute atomic E-state index is 12.1. The van der Waals surface area contributed by atoms with E-state index in [0.29, 0.717) is 22.0 Å². The van der Waals surface area contributed by atoms with Crippen molar-refractivity contribution in [2.75, 3.05) is 11.9 Å². The summed E-state index contributed by atoms with van der Waals surface area (Å²) in [6, 6.07) is 5.41. The second-order valence-corrected chi connectivity index (χ2v) is 6.73. The van der Waals surface area contributed by atoms with Gasteiger partial charge in [-0.25, -0.2) is 4.79 Å². The Balaban J connectivity index is 2.21. The van der Waals surface area contributed by atoms with Gasteiger partial charge in [0.15, 0.2) is 0 Å². The summed E-state index contributed by atoms with van der Waals surface area (Å²) in [7, 11) is 0. The molecule has 2 heterocycles. The van der Waals surface area contributed by atoms with Gasteiger partial charge in [-0.05, 0) is 39.0 Å². The van der Waals surface area contributed by atoms with Crippen LogP contribution < -0.4 is 5.32 Å². The van der Waals surface area contributed by atoms with Crippen LogP contribution in [-0.2, 0) is 4.74 Å². The number of thiophene rings is 2. The summed E-state index contributed by atoms with van der Waals surface area (Å²) in [6.45, 7) is 5.90. The van der Waals surface area contributed by atoms with Crippen molar-refractivity contribution in [1.82, 2.24) is 0 Å². The maximum atomic E-state index is 12.1. The summed E-state index contributed by atoms with van der Waals surface area (Å²) in [5.41, 5.74) is 0.413. The Morgan fingerprint density at radius 2 is 1.95 bits per heavy atom. The Morgan fingerprint density at radius 3 is 2.55 bits per heavy atom. The molecule has 1 N–H and O–H groups in total. The number of nitrogens with one attached hydrogen (secondary N) is 1. The van der Waals surface area contributed by atoms with Crippen molar-refractivity contribution >= 4 is 39.6 Å². The molecule has 0 fully saturated rings. The number of anilines is 1. The fourth-order valence-corrected chi connectivity index (χ4v) is 3.35. The second-order valence-electron chi connectivity index (χ2n) is 4.18. The highest BCUT2D eigenvalue weighted by Crippen LogP contribution is 2.29. The first-order valence-electron chi connectivity index (χ1n) is 6.16. The lowest BCUT2D eigenvalue weighted by Crippen LogP contribution is -2.13. The van der Waals surface area contributed by atoms with Crippen molar-refractivity contribution < 1.29 is 14.3 Å². The summed E-state index contributed by atoms with van der Waals surface area (Å²) < 4.78 is 4.99. The van der Waals surface area contributed by atoms with Crippen molar-refractivity contribution in [2.24, 2.45) is 0 Å². The van der Waals surface area contributed by atoms with Crippen LogP contribution in [0.5, 0.6) is 0 Å². The summed E-state index contributed by atoms with van der Waals surface area (Å²) in [4.78, 5) is 26.6. The number of amides is 1. The molecule has 0 saturated heterocycles. The Labute approximate surface area is 125 Å². The molecule has 20 heavy (non-hydrogen) atoms. The molecule has 2 aromatic rings. The van der Waals surface area contributed by atoms with Crippen molar-refractivity contribution in [3.05, 3.63) is 38.4 Å². The normalized spacial score (nSPS) is 10.3. The number of hydrogen-bond acceptors (Lipinski definition) is 5. The number of esters is 1. The molecule has 0 saturated carbocycles. The van der Waals surface area contributed by atoms with E-state index in [1.54, 1.807) is 19.1 Å². The average Bonchev–Trinajstić information content (AvgIpc) is 2.96. The second kappa shape index (κ2) is 6.19. The summed E-state index contributed by atoms with van der Waals surface area (Å²) in [6.07, 6.45) is 0. The smallest absolute Gasteiger partial charge is 0.341 e. The zero-order valence-corrected chi connectivity index (χ0v) is 13.1. The van der Waals surface area contributed by atoms with Gasteiger partial charge in [-0.15, -0.1) is 22.7 Å². The lowest BCUT2D eigenvalue weighted by Gasteiger charge is -2.04. The van der Waals surface area contributed by atoms with Crippen molar-refractivity contribution in [3.8, 4) is 0 Å². The van der Waals surface area contributed by atoms with Crippen LogP contribution in [0.3, 0.4) is 0 Å². The van der Waals surface area contributed by atoms with E-state index in [2.05, 4.69) is 5.32 Å². The number of carbonyl (C=O) groups is 2. The predicted octanol–water partition coefficient (Wildman–Crippen LogP) is 3.86. The quantitative estimate of drug-likeness (QED) is 0.873. The molecule has 0 spiro atoms. The third-order valence-corrected chi connectivity index (χ3v) is 4.51. The zero-order chi connectivity index (χ0) is 14.7. The van der Waals surface area contributed by atoms with Crippen molar-refractivity contribution in [3.63, 3.8) is 0 Å². The monoisotopic (exact) mass is 309 g/mol. The first-order valence-corrected chi connectivity index (χ1v) is 7.80. The van der Waals surface area contributed by atoms with E-state index in [0.717, 1.165) is 9.75 Å². The topological polar surface area (TPSA) is 55.4 Å². The molecule has 0 aromatic carbocycles. The zero-order valence-electron chi connectivity index (χ0n) is 11.5. The molecule has 106 valence electrons. The number of aryl methyl sites for hydroxylation is 2. The van der Waals surface area contributed by atoms with Gasteiger partial charge >= 0.3 is 5.97 Å². The van der Waals surface area contributed by atoms with Crippen LogP contribution in [0.4, 0.5) is 5.00 Å². The average molecular weight is 309 g/mol. The molecule has 0 bridgehead atoms. The Morgan fingerprint density at radius 1 is 1.20 bits per heavy atom. The van der Waals surface area contributed by atoms with Gasteiger partial charge in [0.25, 0.3) is 5.91 Å². The molecule has 4 nitrogen and oxygen atoms in total. The van der Waals surface area contributed by atoms with Crippen LogP contribution in [0, 0.1) is 13.8 Å². The Kier molecular flexibility index (Phi) is 4.57. The minimum Gasteiger partial charge on any atom is -0.462 e. The minimum absolute atomic E-state index is 0.199. The highest BCUT2D eigenvalue weighted by atomic mass is 32.1. The fourth-order valence-electron chi connectivity index (χ4n) is 1.69. The van der Waals surface area contributed by atoms with Gasteiger partial charge in [-0.1, -0.05) is 0 Å². The predicted molar refractivity (Wildman–Crippen MR) is 82.0 cm³/mol. The van der Waals surface area contributed by atoms with E-state index in [1.165, 1.54) is 22.7 Å². The molecule has 0 aliphatic heterocycles. The molecule has 0 aliphatic rings. The van der Waals surface area contributed by atoms with Crippen LogP contribution in [0.1, 0.15) is 36.7 Å². The van der Waals surface area contributed by atoms with Gasteiger partial charge < -0.3 is 10.1 Å². The molecule has 2 aromatic heterocycles. The first-order chi connectivity index (χ1) is 9.51. The highest BCUT2D eigenvalue weighted by Gasteiger charge is 2.19. The number of carbonyl (C=O) groups excluding carboxylic acids is 2. The van der Waals surface area contributed by atoms with E-state index in [4.69, 9.17) is 4.74 Å². The summed E-state index contributed by atoms with van der Waals surface area (Å²) in [5, 5.41) is 3.33. The van der Waals surface area contributed by atoms with Crippen molar-refractivity contribution in [2.45, 2.75) is 20.8 Å². The van der Waals surface area contributed by atoms with Gasteiger partial charge in [-0.2, -0.15) is 0 Å². The maximum Gasteiger partial charge on any atom is 0.341 e. The number of rotatable bonds is 4. The highest BCUT2D eigenvalue weighted by molar-refractivity contribution is 7.17. The molecule has 0 aliphatic carbocycles. The molecule has 0 radical (unpaired) electrons. The van der Waals surface area contributed by atoms with E-state index in [1.807, 2.05) is 19.9 Å². The van der Waals surface area contributed by atoms with E-state index in [9.17, 15) is 9.59 Å². The van der Waals surface area contributed by atoms with Gasteiger partial charge in [-0.3, -0.25) is 4.79 Å². The molecular weight excluding hydrogens is 294 g/mol. The number of hydrogen-bond donors (Lipinski definition) is 1. The van der Waals surface area contributed by atoms with E-state index >= 15 is 0 Å². The standard InChI is InChI=1S/C14H15NO3S2/c1-4-18-14(17)10-7-9(3)20-13(10)15-12(16)11-6-5-8(2)19-11/h5-7H,4H2,1-3H3,(H,15,16). The third kappa shape index (κ3) is 3.26. The van der Waals surface area contributed by atoms with E-state index in [-0.39, 0.29) is 5.91 Å². The molecule has 0 unspecified atom stereocenters. The van der Waals surface area contributed by atoms with Crippen molar-refractivity contribution in [1.29, 1.82) is 0 Å². The number of ether oxygens (including phenoxy) is 1. The first kappa shape index (κ1) is 14.7. The fraction of sp³-hybridized carbons (Fsp3) is 0.286. The molecule has 6 heteroatoms. The van der Waals surface area contributed by atoms with Crippen LogP contribution in [0.2, 0.25) is 0 Å². The van der Waals surface area contributed by atoms with Crippen LogP contribution in [0.15, 0.2) is 18.2 Å². The van der Waals surface area contributed by atoms with Gasteiger partial charge in [0.1, 0.15) is 5.00 Å². The van der Waals surface area contributed by atoms with Gasteiger partial charge in [0, 0.05) is 9.75 Å². The third-order valence-electron chi connectivity index (χ3n) is 2.54. The van der Waals surface area contributed by atoms with E-state index < -0.39 is 5.97 Å². The minimum atomic E-state index is -0.408. The largest absolute Gasteiger partial charge is 0.462 e.